The maximum Gasteiger partial charge on any atom is 0.229 e. The van der Waals surface area contributed by atoms with Gasteiger partial charge in [-0.2, -0.15) is 0 Å². The lowest BCUT2D eigenvalue weighted by Gasteiger charge is -2.48. The molecule has 1 aliphatic rings. The Bertz CT molecular complexity index is 680. The summed E-state index contributed by atoms with van der Waals surface area (Å²) in [6.07, 6.45) is 3.05. The first kappa shape index (κ1) is 22.4. The van der Waals surface area contributed by atoms with E-state index in [1.807, 2.05) is 24.3 Å². The molecule has 0 spiro atoms. The normalized spacial score (nSPS) is 21.4. The lowest BCUT2D eigenvalue weighted by molar-refractivity contribution is -0.147. The van der Waals surface area contributed by atoms with E-state index in [2.05, 4.69) is 27.7 Å². The molecular formula is C23H35NO4. The van der Waals surface area contributed by atoms with Crippen LogP contribution in [0.3, 0.4) is 0 Å². The highest BCUT2D eigenvalue weighted by molar-refractivity contribution is 5.94. The quantitative estimate of drug-likeness (QED) is 0.685. The van der Waals surface area contributed by atoms with Gasteiger partial charge in [0.05, 0.1) is 19.3 Å². The number of carbonyl (C=O) groups excluding carboxylic acids is 2. The first-order chi connectivity index (χ1) is 13.1. The number of carbonyl (C=O) groups is 2. The highest BCUT2D eigenvalue weighted by atomic mass is 16.5. The molecule has 0 aliphatic carbocycles. The highest BCUT2D eigenvalue weighted by Gasteiger charge is 2.43. The van der Waals surface area contributed by atoms with Crippen LogP contribution < -0.4 is 4.74 Å². The maximum absolute atomic E-state index is 12.9. The number of hydrogen-bond donors (Lipinski definition) is 0. The minimum Gasteiger partial charge on any atom is -0.497 e. The molecule has 1 aromatic carbocycles. The van der Waals surface area contributed by atoms with E-state index in [4.69, 9.17) is 9.47 Å². The van der Waals surface area contributed by atoms with Gasteiger partial charge in [-0.15, -0.1) is 0 Å². The van der Waals surface area contributed by atoms with Gasteiger partial charge >= 0.3 is 0 Å². The van der Waals surface area contributed by atoms with Crippen LogP contribution in [0.25, 0.3) is 0 Å². The van der Waals surface area contributed by atoms with E-state index >= 15 is 0 Å². The van der Waals surface area contributed by atoms with Crippen LogP contribution in [-0.2, 0) is 20.9 Å². The van der Waals surface area contributed by atoms with Crippen molar-refractivity contribution in [1.29, 1.82) is 0 Å². The van der Waals surface area contributed by atoms with E-state index in [-0.39, 0.29) is 22.8 Å². The monoisotopic (exact) mass is 389 g/mol. The molecule has 0 unspecified atom stereocenters. The van der Waals surface area contributed by atoms with Crippen molar-refractivity contribution < 1.29 is 19.1 Å². The van der Waals surface area contributed by atoms with Gasteiger partial charge in [0.2, 0.25) is 11.8 Å². The number of rotatable bonds is 7. The Hall–Kier alpha value is -1.88. The number of imide groups is 1. The van der Waals surface area contributed by atoms with Gasteiger partial charge in [0.1, 0.15) is 5.75 Å². The van der Waals surface area contributed by atoms with Crippen molar-refractivity contribution in [2.24, 2.45) is 11.3 Å². The minimum atomic E-state index is -0.216. The van der Waals surface area contributed by atoms with Crippen molar-refractivity contribution in [2.45, 2.75) is 72.4 Å². The largest absolute Gasteiger partial charge is 0.497 e. The second-order valence-corrected chi connectivity index (χ2v) is 8.90. The second kappa shape index (κ2) is 9.08. The number of hydrogen-bond acceptors (Lipinski definition) is 4. The topological polar surface area (TPSA) is 55.8 Å². The smallest absolute Gasteiger partial charge is 0.229 e. The van der Waals surface area contributed by atoms with Gasteiger partial charge in [-0.25, -0.2) is 0 Å². The Balaban J connectivity index is 2.07. The number of ether oxygens (including phenoxy) is 2. The number of amides is 2. The third-order valence-corrected chi connectivity index (χ3v) is 6.11. The van der Waals surface area contributed by atoms with Crippen molar-refractivity contribution in [2.75, 3.05) is 13.7 Å². The first-order valence-corrected chi connectivity index (χ1v) is 10.2. The summed E-state index contributed by atoms with van der Waals surface area (Å²) in [6.45, 7) is 11.2. The SMILES string of the molecule is COc1ccc(CN(C(C)=O)C(=O)CC[C@]2(C(C)C)CCOC(C)(C)C2)cc1. The summed E-state index contributed by atoms with van der Waals surface area (Å²) in [4.78, 5) is 26.4. The molecule has 0 bridgehead atoms. The summed E-state index contributed by atoms with van der Waals surface area (Å²) in [5.74, 6) is 0.890. The lowest BCUT2D eigenvalue weighted by Crippen LogP contribution is -2.45. The maximum atomic E-state index is 12.9. The molecule has 1 aromatic rings. The van der Waals surface area contributed by atoms with E-state index in [0.717, 1.165) is 37.2 Å². The molecule has 1 aliphatic heterocycles. The Morgan fingerprint density at radius 1 is 1.21 bits per heavy atom. The number of nitrogens with zero attached hydrogens (tertiary/aromatic N) is 1. The fraction of sp³-hybridized carbons (Fsp3) is 0.652. The van der Waals surface area contributed by atoms with E-state index in [9.17, 15) is 9.59 Å². The van der Waals surface area contributed by atoms with Crippen LogP contribution in [0.4, 0.5) is 0 Å². The first-order valence-electron chi connectivity index (χ1n) is 10.2. The Morgan fingerprint density at radius 2 is 1.86 bits per heavy atom. The molecule has 2 rings (SSSR count). The van der Waals surface area contributed by atoms with Crippen LogP contribution in [0.1, 0.15) is 65.9 Å². The minimum absolute atomic E-state index is 0.0694. The lowest BCUT2D eigenvalue weighted by atomic mass is 9.64. The van der Waals surface area contributed by atoms with Crippen molar-refractivity contribution in [1.82, 2.24) is 4.90 Å². The molecule has 0 saturated carbocycles. The Morgan fingerprint density at radius 3 is 2.36 bits per heavy atom. The Kier molecular flexibility index (Phi) is 7.27. The van der Waals surface area contributed by atoms with Crippen LogP contribution in [0.5, 0.6) is 5.75 Å². The van der Waals surface area contributed by atoms with Gasteiger partial charge in [0.25, 0.3) is 0 Å². The predicted octanol–water partition coefficient (Wildman–Crippen LogP) is 4.58. The zero-order valence-corrected chi connectivity index (χ0v) is 18.2. The van der Waals surface area contributed by atoms with Crippen molar-refractivity contribution >= 4 is 11.8 Å². The molecule has 156 valence electrons. The van der Waals surface area contributed by atoms with Gasteiger partial charge in [0.15, 0.2) is 0 Å². The molecule has 1 saturated heterocycles. The molecule has 28 heavy (non-hydrogen) atoms. The third-order valence-electron chi connectivity index (χ3n) is 6.11. The van der Waals surface area contributed by atoms with Crippen LogP contribution in [0.15, 0.2) is 24.3 Å². The second-order valence-electron chi connectivity index (χ2n) is 8.90. The summed E-state index contributed by atoms with van der Waals surface area (Å²) in [6, 6.07) is 7.46. The fourth-order valence-corrected chi connectivity index (χ4v) is 4.29. The molecule has 2 amide bonds. The van der Waals surface area contributed by atoms with Crippen molar-refractivity contribution in [3.63, 3.8) is 0 Å². The van der Waals surface area contributed by atoms with Crippen LogP contribution in [-0.4, -0.2) is 36.0 Å². The van der Waals surface area contributed by atoms with Crippen LogP contribution in [0, 0.1) is 11.3 Å². The van der Waals surface area contributed by atoms with E-state index in [1.54, 1.807) is 7.11 Å². The molecular weight excluding hydrogens is 354 g/mol. The van der Waals surface area contributed by atoms with Gasteiger partial charge in [-0.1, -0.05) is 26.0 Å². The molecule has 1 fully saturated rings. The van der Waals surface area contributed by atoms with Gasteiger partial charge < -0.3 is 9.47 Å². The average Bonchev–Trinajstić information content (AvgIpc) is 2.63. The molecule has 1 heterocycles. The fourth-order valence-electron chi connectivity index (χ4n) is 4.29. The molecule has 5 nitrogen and oxygen atoms in total. The average molecular weight is 390 g/mol. The standard InChI is InChI=1S/C23H35NO4/c1-17(2)23(13-14-28-22(4,5)16-23)12-11-21(26)24(18(3)25)15-19-7-9-20(27-6)10-8-19/h7-10,17H,11-16H2,1-6H3/t23-/m0/s1. The molecule has 0 radical (unpaired) electrons. The highest BCUT2D eigenvalue weighted by Crippen LogP contribution is 2.47. The molecule has 1 atom stereocenters. The zero-order valence-electron chi connectivity index (χ0n) is 18.2. The van der Waals surface area contributed by atoms with Gasteiger partial charge in [-0.3, -0.25) is 14.5 Å². The summed E-state index contributed by atoms with van der Waals surface area (Å²) in [5, 5.41) is 0. The number of methoxy groups -OCH3 is 1. The van der Waals surface area contributed by atoms with Gasteiger partial charge in [0, 0.05) is 20.0 Å². The zero-order chi connectivity index (χ0) is 20.9. The van der Waals surface area contributed by atoms with Crippen molar-refractivity contribution in [3.8, 4) is 5.75 Å². The van der Waals surface area contributed by atoms with Crippen LogP contribution >= 0.6 is 0 Å². The molecule has 5 heteroatoms. The predicted molar refractivity (Wildman–Crippen MR) is 110 cm³/mol. The number of benzene rings is 1. The van der Waals surface area contributed by atoms with E-state index in [0.29, 0.717) is 18.9 Å². The molecule has 0 N–H and O–H groups in total. The summed E-state index contributed by atoms with van der Waals surface area (Å²) >= 11 is 0. The Labute approximate surface area is 169 Å². The van der Waals surface area contributed by atoms with E-state index in [1.165, 1.54) is 11.8 Å². The van der Waals surface area contributed by atoms with E-state index < -0.39 is 0 Å². The third kappa shape index (κ3) is 5.57. The van der Waals surface area contributed by atoms with Crippen molar-refractivity contribution in [3.05, 3.63) is 29.8 Å². The summed E-state index contributed by atoms with van der Waals surface area (Å²) in [5.41, 5.74) is 0.810. The summed E-state index contributed by atoms with van der Waals surface area (Å²) < 4.78 is 11.1. The summed E-state index contributed by atoms with van der Waals surface area (Å²) in [7, 11) is 1.61. The van der Waals surface area contributed by atoms with Crippen LogP contribution in [0.2, 0.25) is 0 Å². The molecule has 0 aromatic heterocycles. The van der Waals surface area contributed by atoms with Gasteiger partial charge in [-0.05, 0) is 62.1 Å².